The van der Waals surface area contributed by atoms with Gasteiger partial charge in [-0.25, -0.2) is 9.50 Å². The Hall–Kier alpha value is -4.04. The van der Waals surface area contributed by atoms with Crippen molar-refractivity contribution < 1.29 is 9.53 Å². The Labute approximate surface area is 180 Å². The topological polar surface area (TPSA) is 95.5 Å². The van der Waals surface area contributed by atoms with Gasteiger partial charge in [0.2, 0.25) is 0 Å². The summed E-state index contributed by atoms with van der Waals surface area (Å²) >= 11 is 0. The van der Waals surface area contributed by atoms with E-state index in [0.717, 1.165) is 48.4 Å². The molecule has 0 radical (unpaired) electrons. The molecule has 0 saturated carbocycles. The summed E-state index contributed by atoms with van der Waals surface area (Å²) in [5.74, 6) is 3.28. The van der Waals surface area contributed by atoms with Crippen LogP contribution in [0.25, 0.3) is 16.6 Å². The average Bonchev–Trinajstić information content (AvgIpc) is 3.22. The number of anilines is 1. The number of rotatable bonds is 5. The monoisotopic (exact) mass is 414 g/mol. The van der Waals surface area contributed by atoms with Crippen molar-refractivity contribution in [3.8, 4) is 35.3 Å². The summed E-state index contributed by atoms with van der Waals surface area (Å²) < 4.78 is 7.34. The third kappa shape index (κ3) is 4.15. The van der Waals surface area contributed by atoms with Crippen molar-refractivity contribution in [2.75, 3.05) is 24.6 Å². The number of hydrogen-bond acceptors (Lipinski definition) is 6. The third-order valence-corrected chi connectivity index (χ3v) is 5.36. The summed E-state index contributed by atoms with van der Waals surface area (Å²) in [5, 5.41) is 16.6. The standard InChI is InChI=1S/C23H22N6O2/c1-3-22(30)27-18-7-9-28(10-8-18)21-6-5-16(13-25-21)20-11-19(31-4-2)15-29-23(20)17(12-24)14-26-29/h1,5-6,11,13-15,18H,4,7-10H2,2H3,(H,27,30). The van der Waals surface area contributed by atoms with Gasteiger partial charge in [-0.05, 0) is 43.9 Å². The SMILES string of the molecule is C#CC(=O)NC1CCN(c2ccc(-c3cc(OCC)cn4ncc(C#N)c34)cn2)CC1. The van der Waals surface area contributed by atoms with Gasteiger partial charge < -0.3 is 15.0 Å². The van der Waals surface area contributed by atoms with Crippen LogP contribution >= 0.6 is 0 Å². The van der Waals surface area contributed by atoms with Gasteiger partial charge >= 0.3 is 0 Å². The number of nitriles is 1. The van der Waals surface area contributed by atoms with Crippen LogP contribution in [0.5, 0.6) is 5.75 Å². The molecule has 0 unspecified atom stereocenters. The van der Waals surface area contributed by atoms with Gasteiger partial charge in [-0.3, -0.25) is 4.79 Å². The molecule has 156 valence electrons. The number of nitrogens with zero attached hydrogens (tertiary/aromatic N) is 5. The molecule has 1 aliphatic rings. The van der Waals surface area contributed by atoms with Gasteiger partial charge in [0.25, 0.3) is 5.91 Å². The zero-order chi connectivity index (χ0) is 21.8. The first-order chi connectivity index (χ1) is 15.1. The number of pyridine rings is 2. The maximum absolute atomic E-state index is 11.4. The summed E-state index contributed by atoms with van der Waals surface area (Å²) in [4.78, 5) is 18.2. The Kier molecular flexibility index (Phi) is 5.72. The van der Waals surface area contributed by atoms with Crippen LogP contribution in [-0.2, 0) is 4.79 Å². The quantitative estimate of drug-likeness (QED) is 0.644. The van der Waals surface area contributed by atoms with Crippen LogP contribution in [0, 0.1) is 23.7 Å². The molecule has 1 N–H and O–H groups in total. The molecule has 3 aromatic heterocycles. The molecule has 31 heavy (non-hydrogen) atoms. The Morgan fingerprint density at radius 1 is 1.35 bits per heavy atom. The van der Waals surface area contributed by atoms with Gasteiger partial charge in [0.05, 0.1) is 30.1 Å². The van der Waals surface area contributed by atoms with Crippen molar-refractivity contribution in [1.29, 1.82) is 5.26 Å². The van der Waals surface area contributed by atoms with Crippen molar-refractivity contribution in [2.45, 2.75) is 25.8 Å². The van der Waals surface area contributed by atoms with E-state index < -0.39 is 0 Å². The number of piperidine rings is 1. The van der Waals surface area contributed by atoms with Crippen LogP contribution in [0.4, 0.5) is 5.82 Å². The van der Waals surface area contributed by atoms with Gasteiger partial charge in [0.1, 0.15) is 17.6 Å². The van der Waals surface area contributed by atoms with Gasteiger partial charge in [0.15, 0.2) is 0 Å². The number of aromatic nitrogens is 3. The van der Waals surface area contributed by atoms with Crippen molar-refractivity contribution in [3.63, 3.8) is 0 Å². The highest BCUT2D eigenvalue weighted by Crippen LogP contribution is 2.31. The molecule has 4 heterocycles. The molecule has 1 amide bonds. The summed E-state index contributed by atoms with van der Waals surface area (Å²) in [7, 11) is 0. The van der Waals surface area contributed by atoms with Crippen molar-refractivity contribution >= 4 is 17.2 Å². The minimum atomic E-state index is -0.363. The Morgan fingerprint density at radius 2 is 2.16 bits per heavy atom. The lowest BCUT2D eigenvalue weighted by Crippen LogP contribution is -2.44. The first kappa shape index (κ1) is 20.2. The average molecular weight is 414 g/mol. The van der Waals surface area contributed by atoms with Crippen LogP contribution in [0.15, 0.2) is 36.8 Å². The number of ether oxygens (including phenoxy) is 1. The Balaban J connectivity index is 1.57. The van der Waals surface area contributed by atoms with Gasteiger partial charge in [-0.1, -0.05) is 0 Å². The number of nitrogens with one attached hydrogen (secondary N) is 1. The largest absolute Gasteiger partial charge is 0.492 e. The number of fused-ring (bicyclic) bond motifs is 1. The van der Waals surface area contributed by atoms with Crippen LogP contribution in [0.2, 0.25) is 0 Å². The van der Waals surface area contributed by atoms with Gasteiger partial charge in [0, 0.05) is 36.5 Å². The lowest BCUT2D eigenvalue weighted by molar-refractivity contribution is -0.116. The number of amides is 1. The molecule has 0 aliphatic carbocycles. The number of carbonyl (C=O) groups excluding carboxylic acids is 1. The molecule has 3 aromatic rings. The first-order valence-corrected chi connectivity index (χ1v) is 10.2. The van der Waals surface area contributed by atoms with Crippen molar-refractivity contribution in [1.82, 2.24) is 19.9 Å². The molecule has 4 rings (SSSR count). The fourth-order valence-electron chi connectivity index (χ4n) is 3.86. The van der Waals surface area contributed by atoms with Gasteiger partial charge in [-0.15, -0.1) is 6.42 Å². The minimum Gasteiger partial charge on any atom is -0.492 e. The highest BCUT2D eigenvalue weighted by Gasteiger charge is 2.21. The highest BCUT2D eigenvalue weighted by atomic mass is 16.5. The van der Waals surface area contributed by atoms with Crippen LogP contribution in [0.3, 0.4) is 0 Å². The summed E-state index contributed by atoms with van der Waals surface area (Å²) in [6.45, 7) is 4.03. The van der Waals surface area contributed by atoms with E-state index in [1.807, 2.05) is 25.1 Å². The van der Waals surface area contributed by atoms with E-state index in [4.69, 9.17) is 11.2 Å². The molecule has 8 heteroatoms. The molecule has 0 bridgehead atoms. The molecule has 0 aromatic carbocycles. The maximum Gasteiger partial charge on any atom is 0.295 e. The van der Waals surface area contributed by atoms with E-state index in [-0.39, 0.29) is 11.9 Å². The minimum absolute atomic E-state index is 0.0972. The van der Waals surface area contributed by atoms with E-state index in [2.05, 4.69) is 32.3 Å². The Morgan fingerprint density at radius 3 is 2.81 bits per heavy atom. The normalized spacial score (nSPS) is 14.1. The smallest absolute Gasteiger partial charge is 0.295 e. The summed E-state index contributed by atoms with van der Waals surface area (Å²) in [6, 6.07) is 8.18. The number of terminal acetylenes is 1. The zero-order valence-electron chi connectivity index (χ0n) is 17.2. The molecule has 1 saturated heterocycles. The predicted molar refractivity (Wildman–Crippen MR) is 117 cm³/mol. The van der Waals surface area contributed by atoms with E-state index >= 15 is 0 Å². The summed E-state index contributed by atoms with van der Waals surface area (Å²) in [5.41, 5.74) is 2.95. The fraction of sp³-hybridized carbons (Fsp3) is 0.304. The second-order valence-corrected chi connectivity index (χ2v) is 7.27. The zero-order valence-corrected chi connectivity index (χ0v) is 17.2. The molecule has 8 nitrogen and oxygen atoms in total. The molecule has 0 spiro atoms. The van der Waals surface area contributed by atoms with Crippen molar-refractivity contribution in [2.24, 2.45) is 0 Å². The van der Waals surface area contributed by atoms with Crippen LogP contribution < -0.4 is 15.0 Å². The molecule has 0 atom stereocenters. The number of carbonyl (C=O) groups is 1. The highest BCUT2D eigenvalue weighted by molar-refractivity contribution is 5.93. The molecule has 1 aliphatic heterocycles. The fourth-order valence-corrected chi connectivity index (χ4v) is 3.86. The second kappa shape index (κ2) is 8.76. The van der Waals surface area contributed by atoms with Crippen molar-refractivity contribution in [3.05, 3.63) is 42.4 Å². The summed E-state index contributed by atoms with van der Waals surface area (Å²) in [6.07, 6.45) is 11.9. The molecular weight excluding hydrogens is 392 g/mol. The molecular formula is C23H22N6O2. The lowest BCUT2D eigenvalue weighted by atomic mass is 10.0. The Bertz CT molecular complexity index is 1180. The lowest BCUT2D eigenvalue weighted by Gasteiger charge is -2.32. The van der Waals surface area contributed by atoms with E-state index in [0.29, 0.717) is 17.9 Å². The van der Waals surface area contributed by atoms with E-state index in [1.54, 1.807) is 23.1 Å². The third-order valence-electron chi connectivity index (χ3n) is 5.36. The van der Waals surface area contributed by atoms with Gasteiger partial charge in [-0.2, -0.15) is 10.4 Å². The maximum atomic E-state index is 11.4. The van der Waals surface area contributed by atoms with E-state index in [9.17, 15) is 10.1 Å². The van der Waals surface area contributed by atoms with Crippen LogP contribution in [-0.4, -0.2) is 46.2 Å². The van der Waals surface area contributed by atoms with E-state index in [1.165, 1.54) is 0 Å². The number of hydrogen-bond donors (Lipinski definition) is 1. The molecule has 1 fully saturated rings. The predicted octanol–water partition coefficient (Wildman–Crippen LogP) is 2.38. The first-order valence-electron chi connectivity index (χ1n) is 10.2. The van der Waals surface area contributed by atoms with Crippen LogP contribution in [0.1, 0.15) is 25.3 Å². The second-order valence-electron chi connectivity index (χ2n) is 7.27.